The first-order valence-corrected chi connectivity index (χ1v) is 11.0. The summed E-state index contributed by atoms with van der Waals surface area (Å²) in [5.74, 6) is -9.79. The summed E-state index contributed by atoms with van der Waals surface area (Å²) in [6.45, 7) is 0. The zero-order chi connectivity index (χ0) is 25.4. The van der Waals surface area contributed by atoms with Gasteiger partial charge < -0.3 is 26.2 Å². The van der Waals surface area contributed by atoms with E-state index in [0.29, 0.717) is 6.07 Å². The van der Waals surface area contributed by atoms with Crippen molar-refractivity contribution in [3.05, 3.63) is 64.4 Å². The molecule has 6 N–H and O–H groups in total. The number of aliphatic hydroxyl groups excluding tert-OH is 2. The molecular formula is C25H21F2NO7. The summed E-state index contributed by atoms with van der Waals surface area (Å²) in [6.07, 6.45) is -1.70. The minimum atomic E-state index is -2.60. The van der Waals surface area contributed by atoms with Crippen LogP contribution in [-0.4, -0.2) is 49.6 Å². The van der Waals surface area contributed by atoms with Gasteiger partial charge in [0.1, 0.15) is 29.1 Å². The highest BCUT2D eigenvalue weighted by Crippen LogP contribution is 2.52. The number of hydrogen-bond acceptors (Lipinski definition) is 7. The summed E-state index contributed by atoms with van der Waals surface area (Å²) < 4.78 is 28.0. The Morgan fingerprint density at radius 3 is 2.40 bits per heavy atom. The van der Waals surface area contributed by atoms with Crippen LogP contribution in [0.15, 0.2) is 41.7 Å². The van der Waals surface area contributed by atoms with Crippen LogP contribution in [0.1, 0.15) is 28.8 Å². The Hall–Kier alpha value is -3.63. The molecule has 0 aromatic heterocycles. The van der Waals surface area contributed by atoms with Crippen LogP contribution in [0.3, 0.4) is 0 Å². The molecule has 182 valence electrons. The number of amides is 1. The number of hydrogen-bond donors (Lipinski definition) is 5. The van der Waals surface area contributed by atoms with E-state index < -0.39 is 70.1 Å². The third-order valence-electron chi connectivity index (χ3n) is 7.49. The number of carbonyl (C=O) groups is 3. The fraction of sp³-hybridized carbons (Fsp3) is 0.320. The molecular weight excluding hydrogens is 464 g/mol. The summed E-state index contributed by atoms with van der Waals surface area (Å²) in [4.78, 5) is 38.3. The number of fused-ring (bicyclic) bond motifs is 3. The van der Waals surface area contributed by atoms with E-state index in [1.807, 2.05) is 0 Å². The lowest BCUT2D eigenvalue weighted by atomic mass is 9.57. The Kier molecular flexibility index (Phi) is 5.08. The average molecular weight is 485 g/mol. The number of phenolic OH excluding ortho intramolecular Hbond substituents is 1. The number of phenols is 1. The molecule has 0 spiro atoms. The minimum Gasteiger partial charge on any atom is -0.508 e. The van der Waals surface area contributed by atoms with Crippen LogP contribution in [0.2, 0.25) is 0 Å². The Labute approximate surface area is 197 Å². The van der Waals surface area contributed by atoms with Gasteiger partial charge in [0.15, 0.2) is 17.2 Å². The smallest absolute Gasteiger partial charge is 0.230 e. The van der Waals surface area contributed by atoms with Crippen LogP contribution in [0.5, 0.6) is 5.75 Å². The van der Waals surface area contributed by atoms with E-state index in [-0.39, 0.29) is 47.1 Å². The normalized spacial score (nSPS) is 29.9. The van der Waals surface area contributed by atoms with Gasteiger partial charge in [-0.05, 0) is 54.5 Å². The van der Waals surface area contributed by atoms with Gasteiger partial charge in [-0.2, -0.15) is 0 Å². The molecule has 5 atom stereocenters. The average Bonchev–Trinajstić information content (AvgIpc) is 2.77. The van der Waals surface area contributed by atoms with Gasteiger partial charge in [0, 0.05) is 23.1 Å². The molecule has 0 aliphatic heterocycles. The summed E-state index contributed by atoms with van der Waals surface area (Å²) in [5.41, 5.74) is 2.62. The fourth-order valence-electron chi connectivity index (χ4n) is 5.89. The number of rotatable bonds is 2. The van der Waals surface area contributed by atoms with Crippen molar-refractivity contribution in [2.24, 2.45) is 23.5 Å². The number of aliphatic hydroxyl groups is 3. The largest absolute Gasteiger partial charge is 0.508 e. The second-order valence-electron chi connectivity index (χ2n) is 9.35. The van der Waals surface area contributed by atoms with Crippen molar-refractivity contribution in [1.82, 2.24) is 0 Å². The van der Waals surface area contributed by atoms with Gasteiger partial charge in [-0.3, -0.25) is 14.4 Å². The van der Waals surface area contributed by atoms with Crippen molar-refractivity contribution in [1.29, 1.82) is 0 Å². The first-order chi connectivity index (χ1) is 16.5. The molecule has 5 rings (SSSR count). The van der Waals surface area contributed by atoms with E-state index in [1.54, 1.807) is 0 Å². The van der Waals surface area contributed by atoms with Crippen LogP contribution in [0.4, 0.5) is 8.78 Å². The van der Waals surface area contributed by atoms with Crippen LogP contribution in [0, 0.1) is 29.4 Å². The van der Waals surface area contributed by atoms with Gasteiger partial charge in [0.2, 0.25) is 5.91 Å². The molecule has 0 saturated heterocycles. The van der Waals surface area contributed by atoms with Crippen molar-refractivity contribution < 1.29 is 43.6 Å². The van der Waals surface area contributed by atoms with Gasteiger partial charge in [-0.25, -0.2) is 8.78 Å². The zero-order valence-corrected chi connectivity index (χ0v) is 18.2. The lowest BCUT2D eigenvalue weighted by molar-refractivity contribution is -0.167. The standard InChI is InChI=1S/C25H21F2NO7/c26-11-1-2-13(15(27)8-11)12-3-4-16(29)19-14(12)6-9-5-10-7-17(30)20(24(28)34)23(33)25(10,35)22(32)18(9)21(19)31/h1-4,8-10,17,20,29-30,32,35H,5-7H2,(H2,28,34)/t9-,10+,17?,20?,25+/m1/s1. The third-order valence-corrected chi connectivity index (χ3v) is 7.49. The second kappa shape index (κ2) is 7.69. The monoisotopic (exact) mass is 485 g/mol. The molecule has 2 aromatic rings. The number of primary amides is 1. The number of aromatic hydroxyl groups is 1. The van der Waals surface area contributed by atoms with E-state index in [0.717, 1.165) is 6.07 Å². The molecule has 0 bridgehead atoms. The van der Waals surface area contributed by atoms with Gasteiger partial charge >= 0.3 is 0 Å². The van der Waals surface area contributed by atoms with E-state index in [4.69, 9.17) is 5.73 Å². The maximum absolute atomic E-state index is 14.6. The van der Waals surface area contributed by atoms with Gasteiger partial charge in [0.05, 0.1) is 11.7 Å². The maximum atomic E-state index is 14.6. The molecule has 1 saturated carbocycles. The lowest BCUT2D eigenvalue weighted by Gasteiger charge is -2.48. The topological polar surface area (TPSA) is 158 Å². The number of benzene rings is 2. The number of carbonyl (C=O) groups excluding carboxylic acids is 3. The molecule has 0 heterocycles. The first-order valence-electron chi connectivity index (χ1n) is 11.0. The van der Waals surface area contributed by atoms with E-state index in [1.165, 1.54) is 18.2 Å². The van der Waals surface area contributed by atoms with Crippen LogP contribution >= 0.6 is 0 Å². The first kappa shape index (κ1) is 23.1. The van der Waals surface area contributed by atoms with Crippen LogP contribution in [0.25, 0.3) is 11.1 Å². The number of allylic oxidation sites excluding steroid dienone is 1. The highest BCUT2D eigenvalue weighted by atomic mass is 19.1. The van der Waals surface area contributed by atoms with Crippen molar-refractivity contribution in [3.63, 3.8) is 0 Å². The predicted octanol–water partition coefficient (Wildman–Crippen LogP) is 1.69. The van der Waals surface area contributed by atoms with Crippen molar-refractivity contribution in [2.75, 3.05) is 0 Å². The number of halogens is 2. The summed E-state index contributed by atoms with van der Waals surface area (Å²) in [6, 6.07) is 5.53. The van der Waals surface area contributed by atoms with Crippen molar-refractivity contribution in [3.8, 4) is 16.9 Å². The van der Waals surface area contributed by atoms with Crippen LogP contribution < -0.4 is 5.73 Å². The minimum absolute atomic E-state index is 0.00647. The molecule has 3 aliphatic carbocycles. The molecule has 2 unspecified atom stereocenters. The fourth-order valence-corrected chi connectivity index (χ4v) is 5.89. The van der Waals surface area contributed by atoms with Crippen LogP contribution in [-0.2, 0) is 16.0 Å². The molecule has 8 nitrogen and oxygen atoms in total. The highest BCUT2D eigenvalue weighted by molar-refractivity contribution is 6.16. The summed E-state index contributed by atoms with van der Waals surface area (Å²) in [7, 11) is 0. The number of Topliss-reactive ketones (excluding diaryl/α,β-unsaturated/α-hetero) is 2. The molecule has 10 heteroatoms. The second-order valence-corrected chi connectivity index (χ2v) is 9.35. The summed E-state index contributed by atoms with van der Waals surface area (Å²) >= 11 is 0. The molecule has 3 aliphatic rings. The van der Waals surface area contributed by atoms with Gasteiger partial charge in [0.25, 0.3) is 0 Å². The molecule has 1 fully saturated rings. The zero-order valence-electron chi connectivity index (χ0n) is 18.2. The highest BCUT2D eigenvalue weighted by Gasteiger charge is 2.62. The van der Waals surface area contributed by atoms with Gasteiger partial charge in [-0.1, -0.05) is 6.07 Å². The quantitative estimate of drug-likeness (QED) is 0.405. The molecule has 2 aromatic carbocycles. The molecule has 1 amide bonds. The molecule has 0 radical (unpaired) electrons. The van der Waals surface area contributed by atoms with E-state index >= 15 is 0 Å². The van der Waals surface area contributed by atoms with E-state index in [2.05, 4.69) is 0 Å². The van der Waals surface area contributed by atoms with E-state index in [9.17, 15) is 43.6 Å². The Bertz CT molecular complexity index is 1350. The SMILES string of the molecule is NC(=O)C1C(=O)[C@@]2(O)C(O)=C3C(=O)c4c(O)ccc(-c5ccc(F)cc5F)c4C[C@H]3C[C@H]2CC1O. The predicted molar refractivity (Wildman–Crippen MR) is 116 cm³/mol. The lowest BCUT2D eigenvalue weighted by Crippen LogP contribution is -2.63. The van der Waals surface area contributed by atoms with Crippen molar-refractivity contribution >= 4 is 17.5 Å². The Morgan fingerprint density at radius 2 is 1.74 bits per heavy atom. The summed E-state index contributed by atoms with van der Waals surface area (Å²) in [5, 5.41) is 43.1. The van der Waals surface area contributed by atoms with Gasteiger partial charge in [-0.15, -0.1) is 0 Å². The maximum Gasteiger partial charge on any atom is 0.230 e. The Balaban J connectivity index is 1.68. The number of nitrogens with two attached hydrogens (primary N) is 1. The number of ketones is 2. The Morgan fingerprint density at radius 1 is 1.06 bits per heavy atom. The molecule has 35 heavy (non-hydrogen) atoms. The van der Waals surface area contributed by atoms with Crippen molar-refractivity contribution in [2.45, 2.75) is 31.0 Å². The third kappa shape index (κ3) is 3.13.